The van der Waals surface area contributed by atoms with Gasteiger partial charge in [-0.2, -0.15) is 4.72 Å². The van der Waals surface area contributed by atoms with Gasteiger partial charge < -0.3 is 14.4 Å². The molecule has 1 saturated heterocycles. The van der Waals surface area contributed by atoms with Crippen LogP contribution in [0.15, 0.2) is 53.4 Å². The summed E-state index contributed by atoms with van der Waals surface area (Å²) >= 11 is 0. The van der Waals surface area contributed by atoms with Crippen molar-refractivity contribution in [3.63, 3.8) is 0 Å². The number of piperidine rings is 1. The summed E-state index contributed by atoms with van der Waals surface area (Å²) in [5.74, 6) is -0.169. The Bertz CT molecular complexity index is 1110. The van der Waals surface area contributed by atoms with Crippen LogP contribution in [-0.4, -0.2) is 57.5 Å². The van der Waals surface area contributed by atoms with Crippen molar-refractivity contribution in [3.8, 4) is 5.75 Å². The summed E-state index contributed by atoms with van der Waals surface area (Å²) in [5.41, 5.74) is 1.54. The first-order valence-corrected chi connectivity index (χ1v) is 13.5. The normalized spacial score (nSPS) is 15.5. The standard InChI is InChI=1S/C26H34N2O6S/c1-4-33-24-12-11-22(17-19(24)3)35(31,32)27-23(18-20-9-7-6-8-10-20)25(29)28-15-13-21(14-16-28)26(30)34-5-2/h6-12,17,21,23,27H,4-5,13-16,18H2,1-3H3/t23-/m1/s1. The van der Waals surface area contributed by atoms with Crippen LogP contribution in [0.2, 0.25) is 0 Å². The number of nitrogens with one attached hydrogen (secondary N) is 1. The molecule has 2 aromatic carbocycles. The highest BCUT2D eigenvalue weighted by Gasteiger charge is 2.34. The average Bonchev–Trinajstić information content (AvgIpc) is 2.85. The van der Waals surface area contributed by atoms with Crippen molar-refractivity contribution in [2.75, 3.05) is 26.3 Å². The van der Waals surface area contributed by atoms with Crippen molar-refractivity contribution < 1.29 is 27.5 Å². The first-order valence-electron chi connectivity index (χ1n) is 12.0. The van der Waals surface area contributed by atoms with Gasteiger partial charge in [0, 0.05) is 13.1 Å². The Morgan fingerprint density at radius 2 is 1.74 bits per heavy atom. The van der Waals surface area contributed by atoms with E-state index in [9.17, 15) is 18.0 Å². The van der Waals surface area contributed by atoms with E-state index in [1.54, 1.807) is 30.9 Å². The predicted molar refractivity (Wildman–Crippen MR) is 133 cm³/mol. The number of rotatable bonds is 10. The van der Waals surface area contributed by atoms with Crippen LogP contribution in [0.1, 0.15) is 37.8 Å². The van der Waals surface area contributed by atoms with Crippen molar-refractivity contribution in [1.29, 1.82) is 0 Å². The van der Waals surface area contributed by atoms with E-state index in [1.807, 2.05) is 37.3 Å². The molecule has 3 rings (SSSR count). The maximum Gasteiger partial charge on any atom is 0.309 e. The number of hydrogen-bond donors (Lipinski definition) is 1. The molecule has 2 aromatic rings. The molecule has 190 valence electrons. The minimum Gasteiger partial charge on any atom is -0.494 e. The average molecular weight is 503 g/mol. The number of sulfonamides is 1. The number of hydrogen-bond acceptors (Lipinski definition) is 6. The molecule has 0 spiro atoms. The third kappa shape index (κ3) is 7.05. The van der Waals surface area contributed by atoms with Crippen LogP contribution in [0.25, 0.3) is 0 Å². The van der Waals surface area contributed by atoms with Crippen molar-refractivity contribution in [3.05, 3.63) is 59.7 Å². The van der Waals surface area contributed by atoms with Crippen LogP contribution in [-0.2, 0) is 30.8 Å². The molecular weight excluding hydrogens is 468 g/mol. The Morgan fingerprint density at radius 3 is 2.34 bits per heavy atom. The van der Waals surface area contributed by atoms with Gasteiger partial charge in [0.05, 0.1) is 24.0 Å². The molecule has 0 aromatic heterocycles. The first-order chi connectivity index (χ1) is 16.7. The smallest absolute Gasteiger partial charge is 0.309 e. The van der Waals surface area contributed by atoms with Gasteiger partial charge in [0.2, 0.25) is 15.9 Å². The fraction of sp³-hybridized carbons (Fsp3) is 0.462. The van der Waals surface area contributed by atoms with Gasteiger partial charge in [-0.15, -0.1) is 0 Å². The maximum absolute atomic E-state index is 13.5. The molecule has 1 amide bonds. The molecule has 1 atom stereocenters. The maximum atomic E-state index is 13.5. The lowest BCUT2D eigenvalue weighted by Gasteiger charge is -2.33. The second kappa shape index (κ2) is 12.2. The van der Waals surface area contributed by atoms with Gasteiger partial charge in [0.1, 0.15) is 11.8 Å². The number of esters is 1. The Hall–Kier alpha value is -2.91. The van der Waals surface area contributed by atoms with Crippen molar-refractivity contribution in [2.45, 2.75) is 51.0 Å². The lowest BCUT2D eigenvalue weighted by Crippen LogP contribution is -2.52. The zero-order chi connectivity index (χ0) is 25.4. The Labute approximate surface area is 207 Å². The highest BCUT2D eigenvalue weighted by Crippen LogP contribution is 2.23. The lowest BCUT2D eigenvalue weighted by molar-refractivity contribution is -0.151. The molecule has 1 aliphatic rings. The molecule has 35 heavy (non-hydrogen) atoms. The number of benzene rings is 2. The molecule has 0 saturated carbocycles. The molecule has 8 nitrogen and oxygen atoms in total. The second-order valence-electron chi connectivity index (χ2n) is 8.58. The number of carbonyl (C=O) groups is 2. The van der Waals surface area contributed by atoms with Gasteiger partial charge in [-0.05, 0) is 69.4 Å². The molecule has 0 bridgehead atoms. The van der Waals surface area contributed by atoms with Gasteiger partial charge in [-0.3, -0.25) is 9.59 Å². The SMILES string of the molecule is CCOC(=O)C1CCN(C(=O)[C@@H](Cc2ccccc2)NS(=O)(=O)c2ccc(OCC)c(C)c2)CC1. The molecule has 1 N–H and O–H groups in total. The van der Waals surface area contributed by atoms with Gasteiger partial charge >= 0.3 is 5.97 Å². The largest absolute Gasteiger partial charge is 0.494 e. The van der Waals surface area contributed by atoms with Crippen LogP contribution in [0, 0.1) is 12.8 Å². The molecule has 1 heterocycles. The van der Waals surface area contributed by atoms with Gasteiger partial charge in [0.15, 0.2) is 0 Å². The van der Waals surface area contributed by atoms with Gasteiger partial charge in [-0.25, -0.2) is 8.42 Å². The molecule has 1 aliphatic heterocycles. The van der Waals surface area contributed by atoms with Crippen LogP contribution >= 0.6 is 0 Å². The van der Waals surface area contributed by atoms with E-state index in [1.165, 1.54) is 6.07 Å². The highest BCUT2D eigenvalue weighted by atomic mass is 32.2. The van der Waals surface area contributed by atoms with Crippen LogP contribution in [0.3, 0.4) is 0 Å². The van der Waals surface area contributed by atoms with Crippen molar-refractivity contribution in [2.24, 2.45) is 5.92 Å². The minimum absolute atomic E-state index is 0.0744. The summed E-state index contributed by atoms with van der Waals surface area (Å²) < 4.78 is 39.8. The fourth-order valence-electron chi connectivity index (χ4n) is 4.21. The summed E-state index contributed by atoms with van der Waals surface area (Å²) in [6, 6.07) is 13.0. The van der Waals surface area contributed by atoms with E-state index in [2.05, 4.69) is 4.72 Å². The van der Waals surface area contributed by atoms with E-state index < -0.39 is 16.1 Å². The molecule has 0 radical (unpaired) electrons. The second-order valence-corrected chi connectivity index (χ2v) is 10.3. The van der Waals surface area contributed by atoms with Crippen LogP contribution in [0.4, 0.5) is 0 Å². The minimum atomic E-state index is -3.98. The molecule has 0 unspecified atom stereocenters. The molecule has 9 heteroatoms. The van der Waals surface area contributed by atoms with E-state index in [-0.39, 0.29) is 29.1 Å². The van der Waals surface area contributed by atoms with E-state index in [0.29, 0.717) is 50.5 Å². The van der Waals surface area contributed by atoms with Gasteiger partial charge in [0.25, 0.3) is 0 Å². The Kier molecular flexibility index (Phi) is 9.28. The number of nitrogens with zero attached hydrogens (tertiary/aromatic N) is 1. The Balaban J connectivity index is 1.79. The van der Waals surface area contributed by atoms with E-state index in [4.69, 9.17) is 9.47 Å². The van der Waals surface area contributed by atoms with Crippen LogP contribution in [0.5, 0.6) is 5.75 Å². The fourth-order valence-corrected chi connectivity index (χ4v) is 5.48. The summed E-state index contributed by atoms with van der Waals surface area (Å²) in [6.45, 7) is 6.96. The number of carbonyl (C=O) groups excluding carboxylic acids is 2. The monoisotopic (exact) mass is 502 g/mol. The molecule has 1 fully saturated rings. The Morgan fingerprint density at radius 1 is 1.06 bits per heavy atom. The quantitative estimate of drug-likeness (QED) is 0.501. The predicted octanol–water partition coefficient (Wildman–Crippen LogP) is 3.09. The first kappa shape index (κ1) is 26.7. The zero-order valence-electron chi connectivity index (χ0n) is 20.5. The molecule has 0 aliphatic carbocycles. The number of amides is 1. The van der Waals surface area contributed by atoms with E-state index >= 15 is 0 Å². The third-order valence-electron chi connectivity index (χ3n) is 6.06. The van der Waals surface area contributed by atoms with E-state index in [0.717, 1.165) is 5.56 Å². The van der Waals surface area contributed by atoms with Crippen LogP contribution < -0.4 is 9.46 Å². The number of aryl methyl sites for hydroxylation is 1. The number of likely N-dealkylation sites (tertiary alicyclic amines) is 1. The van der Waals surface area contributed by atoms with Crippen molar-refractivity contribution in [1.82, 2.24) is 9.62 Å². The lowest BCUT2D eigenvalue weighted by atomic mass is 9.96. The van der Waals surface area contributed by atoms with Gasteiger partial charge in [-0.1, -0.05) is 30.3 Å². The summed E-state index contributed by atoms with van der Waals surface area (Å²) in [5, 5.41) is 0. The topological polar surface area (TPSA) is 102 Å². The molecular formula is C26H34N2O6S. The summed E-state index contributed by atoms with van der Waals surface area (Å²) in [7, 11) is -3.98. The summed E-state index contributed by atoms with van der Waals surface area (Å²) in [4.78, 5) is 27.3. The summed E-state index contributed by atoms with van der Waals surface area (Å²) in [6.07, 6.45) is 1.20. The highest BCUT2D eigenvalue weighted by molar-refractivity contribution is 7.89. The zero-order valence-corrected chi connectivity index (χ0v) is 21.3. The van der Waals surface area contributed by atoms with Crippen molar-refractivity contribution >= 4 is 21.9 Å². The third-order valence-corrected chi connectivity index (χ3v) is 7.53. The number of ether oxygens (including phenoxy) is 2.